The van der Waals surface area contributed by atoms with Gasteiger partial charge in [-0.05, 0) is 24.5 Å². The van der Waals surface area contributed by atoms with Crippen molar-refractivity contribution in [3.05, 3.63) is 24.5 Å². The Morgan fingerprint density at radius 2 is 2.00 bits per heavy atom. The number of anilines is 1. The average Bonchev–Trinajstić information content (AvgIpc) is 2.41. The lowest BCUT2D eigenvalue weighted by Gasteiger charge is -2.24. The van der Waals surface area contributed by atoms with E-state index in [-0.39, 0.29) is 5.91 Å². The summed E-state index contributed by atoms with van der Waals surface area (Å²) >= 11 is 0. The summed E-state index contributed by atoms with van der Waals surface area (Å²) in [5.41, 5.74) is 6.73. The molecule has 0 radical (unpaired) electrons. The molecule has 2 rings (SSSR count). The van der Waals surface area contributed by atoms with Crippen LogP contribution in [-0.4, -0.2) is 16.9 Å². The van der Waals surface area contributed by atoms with Gasteiger partial charge in [-0.15, -0.1) is 0 Å². The molecule has 1 aromatic heterocycles. The Kier molecular flexibility index (Phi) is 4.70. The third-order valence-electron chi connectivity index (χ3n) is 3.60. The first-order chi connectivity index (χ1) is 8.75. The van der Waals surface area contributed by atoms with Crippen LogP contribution < -0.4 is 11.1 Å². The zero-order chi connectivity index (χ0) is 12.8. The van der Waals surface area contributed by atoms with Crippen molar-refractivity contribution in [2.75, 3.05) is 5.32 Å². The molecule has 18 heavy (non-hydrogen) atoms. The van der Waals surface area contributed by atoms with Crippen molar-refractivity contribution in [2.45, 2.75) is 44.6 Å². The van der Waals surface area contributed by atoms with Gasteiger partial charge in [0.25, 0.3) is 0 Å². The summed E-state index contributed by atoms with van der Waals surface area (Å²) in [5, 5.41) is 2.83. The van der Waals surface area contributed by atoms with E-state index in [9.17, 15) is 4.79 Å². The van der Waals surface area contributed by atoms with E-state index in [4.69, 9.17) is 5.73 Å². The molecule has 0 saturated heterocycles. The number of aromatic nitrogens is 1. The lowest BCUT2D eigenvalue weighted by molar-refractivity contribution is -0.117. The number of pyridine rings is 1. The van der Waals surface area contributed by atoms with E-state index in [1.807, 2.05) is 0 Å². The van der Waals surface area contributed by atoms with Crippen LogP contribution in [0.2, 0.25) is 0 Å². The Morgan fingerprint density at radius 3 is 2.67 bits per heavy atom. The van der Waals surface area contributed by atoms with Crippen molar-refractivity contribution in [3.63, 3.8) is 0 Å². The van der Waals surface area contributed by atoms with E-state index < -0.39 is 6.04 Å². The molecule has 0 bridgehead atoms. The number of amides is 1. The number of nitrogens with two attached hydrogens (primary N) is 1. The Labute approximate surface area is 108 Å². The number of carbonyl (C=O) groups is 1. The van der Waals surface area contributed by atoms with Crippen LogP contribution in [0.1, 0.15) is 38.5 Å². The number of rotatable bonds is 4. The molecule has 4 nitrogen and oxygen atoms in total. The van der Waals surface area contributed by atoms with Gasteiger partial charge in [0.1, 0.15) is 0 Å². The van der Waals surface area contributed by atoms with Gasteiger partial charge in [-0.2, -0.15) is 0 Å². The monoisotopic (exact) mass is 247 g/mol. The second kappa shape index (κ2) is 6.50. The van der Waals surface area contributed by atoms with Crippen LogP contribution in [0.5, 0.6) is 0 Å². The van der Waals surface area contributed by atoms with E-state index >= 15 is 0 Å². The van der Waals surface area contributed by atoms with E-state index in [1.54, 1.807) is 24.5 Å². The lowest BCUT2D eigenvalue weighted by atomic mass is 9.85. The number of carbonyl (C=O) groups excluding carboxylic acids is 1. The SMILES string of the molecule is N[C@@H](CC1CCCCC1)C(=O)Nc1ccncc1. The molecular weight excluding hydrogens is 226 g/mol. The van der Waals surface area contributed by atoms with Gasteiger partial charge in [-0.25, -0.2) is 0 Å². The number of nitrogens with one attached hydrogen (secondary N) is 1. The van der Waals surface area contributed by atoms with Crippen molar-refractivity contribution in [3.8, 4) is 0 Å². The molecule has 1 atom stereocenters. The van der Waals surface area contributed by atoms with Crippen molar-refractivity contribution in [2.24, 2.45) is 11.7 Å². The van der Waals surface area contributed by atoms with Crippen LogP contribution in [0.3, 0.4) is 0 Å². The summed E-state index contributed by atoms with van der Waals surface area (Å²) in [7, 11) is 0. The highest BCUT2D eigenvalue weighted by atomic mass is 16.2. The molecule has 1 saturated carbocycles. The van der Waals surface area contributed by atoms with Crippen LogP contribution in [-0.2, 0) is 4.79 Å². The van der Waals surface area contributed by atoms with Gasteiger partial charge in [0, 0.05) is 18.1 Å². The third-order valence-corrected chi connectivity index (χ3v) is 3.60. The zero-order valence-corrected chi connectivity index (χ0v) is 10.6. The first-order valence-corrected chi connectivity index (χ1v) is 6.72. The Morgan fingerprint density at radius 1 is 1.33 bits per heavy atom. The molecule has 1 aromatic rings. The summed E-state index contributed by atoms with van der Waals surface area (Å²) in [4.78, 5) is 15.8. The van der Waals surface area contributed by atoms with E-state index in [1.165, 1.54) is 32.1 Å². The standard InChI is InChI=1S/C14H21N3O/c15-13(10-11-4-2-1-3-5-11)14(18)17-12-6-8-16-9-7-12/h6-9,11,13H,1-5,10,15H2,(H,16,17,18)/t13-/m0/s1. The largest absolute Gasteiger partial charge is 0.325 e. The third kappa shape index (κ3) is 3.81. The average molecular weight is 247 g/mol. The van der Waals surface area contributed by atoms with Gasteiger partial charge < -0.3 is 11.1 Å². The Hall–Kier alpha value is -1.42. The lowest BCUT2D eigenvalue weighted by Crippen LogP contribution is -2.37. The molecule has 1 aliphatic carbocycles. The molecule has 98 valence electrons. The minimum atomic E-state index is -0.402. The van der Waals surface area contributed by atoms with Crippen molar-refractivity contribution < 1.29 is 4.79 Å². The normalized spacial score (nSPS) is 18.3. The van der Waals surface area contributed by atoms with Crippen molar-refractivity contribution in [1.82, 2.24) is 4.98 Å². The van der Waals surface area contributed by atoms with Crippen molar-refractivity contribution in [1.29, 1.82) is 0 Å². The van der Waals surface area contributed by atoms with Gasteiger partial charge in [-0.3, -0.25) is 9.78 Å². The highest BCUT2D eigenvalue weighted by Crippen LogP contribution is 2.27. The molecule has 3 N–H and O–H groups in total. The Bertz CT molecular complexity index is 374. The highest BCUT2D eigenvalue weighted by Gasteiger charge is 2.21. The molecule has 0 aliphatic heterocycles. The minimum Gasteiger partial charge on any atom is -0.325 e. The first-order valence-electron chi connectivity index (χ1n) is 6.72. The summed E-state index contributed by atoms with van der Waals surface area (Å²) < 4.78 is 0. The smallest absolute Gasteiger partial charge is 0.241 e. The Balaban J connectivity index is 1.81. The molecule has 0 unspecified atom stereocenters. The quantitative estimate of drug-likeness (QED) is 0.858. The maximum absolute atomic E-state index is 11.9. The van der Waals surface area contributed by atoms with Gasteiger partial charge >= 0.3 is 0 Å². The second-order valence-corrected chi connectivity index (χ2v) is 5.07. The van der Waals surface area contributed by atoms with Crippen LogP contribution in [0.4, 0.5) is 5.69 Å². The molecule has 0 spiro atoms. The molecule has 1 fully saturated rings. The first kappa shape index (κ1) is 13.0. The van der Waals surface area contributed by atoms with Gasteiger partial charge in [-0.1, -0.05) is 32.1 Å². The van der Waals surface area contributed by atoms with Crippen LogP contribution in [0.25, 0.3) is 0 Å². The van der Waals surface area contributed by atoms with Crippen LogP contribution in [0.15, 0.2) is 24.5 Å². The predicted molar refractivity (Wildman–Crippen MR) is 72.0 cm³/mol. The van der Waals surface area contributed by atoms with E-state index in [0.29, 0.717) is 5.92 Å². The fourth-order valence-electron chi connectivity index (χ4n) is 2.56. The topological polar surface area (TPSA) is 68.0 Å². The minimum absolute atomic E-state index is 0.0910. The summed E-state index contributed by atoms with van der Waals surface area (Å²) in [5.74, 6) is 0.531. The molecule has 0 aromatic carbocycles. The fourth-order valence-corrected chi connectivity index (χ4v) is 2.56. The number of hydrogen-bond acceptors (Lipinski definition) is 3. The molecule has 1 heterocycles. The fraction of sp³-hybridized carbons (Fsp3) is 0.571. The van der Waals surface area contributed by atoms with Gasteiger partial charge in [0.2, 0.25) is 5.91 Å². The van der Waals surface area contributed by atoms with Gasteiger partial charge in [0.15, 0.2) is 0 Å². The van der Waals surface area contributed by atoms with E-state index in [2.05, 4.69) is 10.3 Å². The number of hydrogen-bond donors (Lipinski definition) is 2. The van der Waals surface area contributed by atoms with Crippen LogP contribution in [0, 0.1) is 5.92 Å². The summed E-state index contributed by atoms with van der Waals surface area (Å²) in [6, 6.07) is 3.14. The van der Waals surface area contributed by atoms with Crippen LogP contribution >= 0.6 is 0 Å². The maximum atomic E-state index is 11.9. The summed E-state index contributed by atoms with van der Waals surface area (Å²) in [6.45, 7) is 0. The predicted octanol–water partition coefficient (Wildman–Crippen LogP) is 2.32. The molecule has 4 heteroatoms. The molecule has 1 amide bonds. The zero-order valence-electron chi connectivity index (χ0n) is 10.6. The molecule has 1 aliphatic rings. The van der Waals surface area contributed by atoms with Gasteiger partial charge in [0.05, 0.1) is 6.04 Å². The van der Waals surface area contributed by atoms with Crippen molar-refractivity contribution >= 4 is 11.6 Å². The van der Waals surface area contributed by atoms with E-state index in [0.717, 1.165) is 12.1 Å². The summed E-state index contributed by atoms with van der Waals surface area (Å²) in [6.07, 6.45) is 10.4. The second-order valence-electron chi connectivity index (χ2n) is 5.07. The molecular formula is C14H21N3O. The highest BCUT2D eigenvalue weighted by molar-refractivity contribution is 5.94. The number of nitrogens with zero attached hydrogens (tertiary/aromatic N) is 1. The maximum Gasteiger partial charge on any atom is 0.241 e.